The monoisotopic (exact) mass is 817 g/mol. The van der Waals surface area contributed by atoms with Crippen LogP contribution in [0.1, 0.15) is 53.6 Å². The van der Waals surface area contributed by atoms with E-state index in [2.05, 4.69) is 0 Å². The minimum Gasteiger partial charge on any atom is -0.458 e. The maximum atomic E-state index is 14.7. The zero-order valence-corrected chi connectivity index (χ0v) is 32.7. The van der Waals surface area contributed by atoms with E-state index in [1.165, 1.54) is 24.3 Å². The largest absolute Gasteiger partial charge is 0.519 e. The van der Waals surface area contributed by atoms with Crippen LogP contribution >= 0.6 is 7.82 Å². The van der Waals surface area contributed by atoms with Gasteiger partial charge in [0.15, 0.2) is 0 Å². The van der Waals surface area contributed by atoms with Gasteiger partial charge in [-0.15, -0.1) is 0 Å². The second kappa shape index (κ2) is 16.0. The lowest BCUT2D eigenvalue weighted by atomic mass is 9.86. The van der Waals surface area contributed by atoms with Crippen molar-refractivity contribution in [1.82, 2.24) is 9.55 Å². The summed E-state index contributed by atoms with van der Waals surface area (Å²) in [6.45, 7) is 3.13. The van der Waals surface area contributed by atoms with Crippen LogP contribution in [0.25, 0.3) is 22.3 Å². The Labute approximate surface area is 336 Å². The predicted octanol–water partition coefficient (Wildman–Crippen LogP) is 8.69. The summed E-state index contributed by atoms with van der Waals surface area (Å²) in [6, 6.07) is 29.6. The highest BCUT2D eigenvalue weighted by Gasteiger charge is 2.53. The van der Waals surface area contributed by atoms with Crippen molar-refractivity contribution in [3.8, 4) is 22.9 Å². The van der Waals surface area contributed by atoms with Crippen LogP contribution in [0.5, 0.6) is 11.5 Å². The SMILES string of the molecule is CCc1c2c(nc3ccc(OC(=O)Oc4ccc([N+](=O)[O-])cc4)cc13)-c1cc3c(c(=O)n1C2)COC(=O)C3(CC)OP(=O)(OCc1ccccc1)OCc1ccccc1. The van der Waals surface area contributed by atoms with Gasteiger partial charge in [0.2, 0.25) is 5.60 Å². The number of ether oxygens (including phenoxy) is 3. The highest BCUT2D eigenvalue weighted by Crippen LogP contribution is 2.58. The van der Waals surface area contributed by atoms with Gasteiger partial charge in [-0.05, 0) is 65.9 Å². The van der Waals surface area contributed by atoms with Crippen LogP contribution in [-0.4, -0.2) is 26.6 Å². The highest BCUT2D eigenvalue weighted by atomic mass is 31.2. The molecular weight excluding hydrogens is 781 g/mol. The number of fused-ring (bicyclic) bond motifs is 5. The zero-order valence-electron chi connectivity index (χ0n) is 31.8. The Morgan fingerprint density at radius 2 is 1.49 bits per heavy atom. The van der Waals surface area contributed by atoms with Crippen LogP contribution in [0, 0.1) is 10.1 Å². The molecule has 6 aromatic rings. The molecule has 1 unspecified atom stereocenters. The van der Waals surface area contributed by atoms with E-state index in [4.69, 9.17) is 32.8 Å². The third-order valence-corrected chi connectivity index (χ3v) is 11.7. The molecule has 0 saturated carbocycles. The van der Waals surface area contributed by atoms with Crippen LogP contribution < -0.4 is 15.0 Å². The second-order valence-electron chi connectivity index (χ2n) is 13.8. The number of nitro benzene ring substituents is 1. The number of nitro groups is 1. The summed E-state index contributed by atoms with van der Waals surface area (Å²) < 4.78 is 50.6. The summed E-state index contributed by atoms with van der Waals surface area (Å²) in [6.07, 6.45) is -0.609. The van der Waals surface area contributed by atoms with Gasteiger partial charge in [0.1, 0.15) is 18.1 Å². The number of hydrogen-bond acceptors (Lipinski definition) is 13. The smallest absolute Gasteiger partial charge is 0.458 e. The van der Waals surface area contributed by atoms with Gasteiger partial charge in [-0.25, -0.2) is 19.1 Å². The summed E-state index contributed by atoms with van der Waals surface area (Å²) in [7, 11) is -4.58. The van der Waals surface area contributed by atoms with Crippen molar-refractivity contribution < 1.29 is 46.9 Å². The molecule has 2 aliphatic rings. The summed E-state index contributed by atoms with van der Waals surface area (Å²) in [5, 5.41) is 11.6. The van der Waals surface area contributed by atoms with Crippen LogP contribution in [0.15, 0.2) is 114 Å². The molecule has 59 heavy (non-hydrogen) atoms. The molecule has 0 spiro atoms. The Bertz CT molecular complexity index is 2680. The van der Waals surface area contributed by atoms with Gasteiger partial charge in [-0.2, -0.15) is 0 Å². The van der Waals surface area contributed by atoms with E-state index in [0.29, 0.717) is 39.8 Å². The number of esters is 1. The maximum absolute atomic E-state index is 14.7. The van der Waals surface area contributed by atoms with Crippen molar-refractivity contribution in [2.45, 2.75) is 58.7 Å². The molecule has 0 bridgehead atoms. The number of nitrogens with zero attached hydrogens (tertiary/aromatic N) is 3. The average molecular weight is 818 g/mol. The Morgan fingerprint density at radius 3 is 2.10 bits per heavy atom. The number of hydrogen-bond donors (Lipinski definition) is 0. The lowest BCUT2D eigenvalue weighted by Gasteiger charge is -2.37. The first kappa shape index (κ1) is 39.3. The zero-order chi connectivity index (χ0) is 41.3. The number of carbonyl (C=O) groups is 2. The molecule has 15 nitrogen and oxygen atoms in total. The van der Waals surface area contributed by atoms with Gasteiger partial charge in [0, 0.05) is 28.6 Å². The molecule has 1 atom stereocenters. The lowest BCUT2D eigenvalue weighted by molar-refractivity contribution is -0.384. The minimum atomic E-state index is -4.58. The fourth-order valence-electron chi connectivity index (χ4n) is 7.33. The quantitative estimate of drug-likeness (QED) is 0.0354. The molecule has 0 amide bonds. The van der Waals surface area contributed by atoms with E-state index in [1.807, 2.05) is 19.1 Å². The molecular formula is C43H36N3O12P. The van der Waals surface area contributed by atoms with Gasteiger partial charge in [-0.1, -0.05) is 74.5 Å². The van der Waals surface area contributed by atoms with Crippen LogP contribution in [0.4, 0.5) is 10.5 Å². The number of phosphoric acid groups is 1. The third kappa shape index (κ3) is 7.64. The first-order valence-corrected chi connectivity index (χ1v) is 20.2. The maximum Gasteiger partial charge on any atom is 0.519 e. The first-order chi connectivity index (χ1) is 28.5. The summed E-state index contributed by atoms with van der Waals surface area (Å²) in [5.74, 6) is -0.618. The van der Waals surface area contributed by atoms with Crippen LogP contribution in [0.3, 0.4) is 0 Å². The first-order valence-electron chi connectivity index (χ1n) is 18.7. The summed E-state index contributed by atoms with van der Waals surface area (Å²) in [5.41, 5.74) is 2.16. The Kier molecular flexibility index (Phi) is 10.7. The minimum absolute atomic E-state index is 0.0628. The molecule has 0 saturated heterocycles. The average Bonchev–Trinajstić information content (AvgIpc) is 3.62. The van der Waals surface area contributed by atoms with Crippen molar-refractivity contribution in [2.24, 2.45) is 0 Å². The van der Waals surface area contributed by atoms with Crippen LogP contribution in [0.2, 0.25) is 0 Å². The molecule has 0 aliphatic carbocycles. The molecule has 2 aromatic heterocycles. The number of aryl methyl sites for hydroxylation is 1. The topological polar surface area (TPSA) is 185 Å². The number of pyridine rings is 2. The molecule has 300 valence electrons. The Morgan fingerprint density at radius 1 is 0.864 bits per heavy atom. The molecule has 0 fully saturated rings. The fourth-order valence-corrected chi connectivity index (χ4v) is 8.81. The normalized spacial score (nSPS) is 15.5. The number of benzene rings is 4. The van der Waals surface area contributed by atoms with Crippen molar-refractivity contribution in [2.75, 3.05) is 0 Å². The predicted molar refractivity (Wildman–Crippen MR) is 213 cm³/mol. The summed E-state index contributed by atoms with van der Waals surface area (Å²) in [4.78, 5) is 56.4. The molecule has 16 heteroatoms. The molecule has 0 radical (unpaired) electrons. The van der Waals surface area contributed by atoms with Crippen molar-refractivity contribution in [3.63, 3.8) is 0 Å². The highest BCUT2D eigenvalue weighted by molar-refractivity contribution is 7.48. The van der Waals surface area contributed by atoms with E-state index < -0.39 is 36.0 Å². The number of non-ortho nitro benzene ring substituents is 1. The lowest BCUT2D eigenvalue weighted by Crippen LogP contribution is -2.46. The molecule has 4 heterocycles. The number of cyclic esters (lactones) is 1. The van der Waals surface area contributed by atoms with Crippen LogP contribution in [-0.2, 0) is 66.1 Å². The third-order valence-electron chi connectivity index (χ3n) is 10.3. The van der Waals surface area contributed by atoms with E-state index >= 15 is 0 Å². The van der Waals surface area contributed by atoms with Gasteiger partial charge in [0.05, 0.1) is 47.1 Å². The van der Waals surface area contributed by atoms with Crippen molar-refractivity contribution in [3.05, 3.63) is 163 Å². The fraction of sp³-hybridized carbons (Fsp3) is 0.209. The number of carbonyl (C=O) groups excluding carboxylic acids is 2. The van der Waals surface area contributed by atoms with Gasteiger partial charge < -0.3 is 18.8 Å². The second-order valence-corrected chi connectivity index (χ2v) is 15.4. The number of aromatic nitrogens is 2. The van der Waals surface area contributed by atoms with Crippen molar-refractivity contribution >= 4 is 36.5 Å². The van der Waals surface area contributed by atoms with Gasteiger partial charge in [-0.3, -0.25) is 28.5 Å². The molecule has 0 N–H and O–H groups in total. The molecule has 4 aromatic carbocycles. The van der Waals surface area contributed by atoms with Gasteiger partial charge in [0.25, 0.3) is 11.2 Å². The molecule has 8 rings (SSSR count). The Hall–Kier alpha value is -6.51. The summed E-state index contributed by atoms with van der Waals surface area (Å²) >= 11 is 0. The van der Waals surface area contributed by atoms with E-state index in [0.717, 1.165) is 11.1 Å². The van der Waals surface area contributed by atoms with Gasteiger partial charge >= 0.3 is 19.9 Å². The van der Waals surface area contributed by atoms with E-state index in [1.54, 1.807) is 84.3 Å². The van der Waals surface area contributed by atoms with E-state index in [-0.39, 0.29) is 61.1 Å². The Balaban J connectivity index is 1.14. The number of rotatable bonds is 13. The van der Waals surface area contributed by atoms with E-state index in [9.17, 15) is 29.1 Å². The van der Waals surface area contributed by atoms with Crippen molar-refractivity contribution in [1.29, 1.82) is 0 Å². The number of phosphoric ester groups is 1. The molecule has 2 aliphatic heterocycles. The standard InChI is InChI=1S/C43H36N3O12P/c1-3-32-33-21-31(57-42(49)56-30-17-15-29(16-18-30)46(50)51)19-20-37(33)44-39-34(32)23-45-38(39)22-36-35(40(45)47)26-53-41(48)43(36,4-2)58-59(52,54-24-27-11-7-5-8-12-27)55-25-28-13-9-6-10-14-28/h5-22H,3-4,23-26H2,1-2H3.